The van der Waals surface area contributed by atoms with Crippen molar-refractivity contribution in [1.82, 2.24) is 5.32 Å². The molecule has 104 valence electrons. The van der Waals surface area contributed by atoms with Crippen LogP contribution in [0.5, 0.6) is 0 Å². The summed E-state index contributed by atoms with van der Waals surface area (Å²) in [5.41, 5.74) is 1.48. The number of carbonyl (C=O) groups is 1. The van der Waals surface area contributed by atoms with Gasteiger partial charge < -0.3 is 5.32 Å². The highest BCUT2D eigenvalue weighted by Crippen LogP contribution is 2.38. The van der Waals surface area contributed by atoms with Gasteiger partial charge in [-0.25, -0.2) is 0 Å². The maximum Gasteiger partial charge on any atom is 0.220 e. The molecule has 1 heterocycles. The lowest BCUT2D eigenvalue weighted by atomic mass is 9.75. The van der Waals surface area contributed by atoms with Crippen molar-refractivity contribution in [2.24, 2.45) is 11.3 Å². The second-order valence-electron chi connectivity index (χ2n) is 6.57. The van der Waals surface area contributed by atoms with Crippen molar-refractivity contribution < 1.29 is 4.79 Å². The maximum atomic E-state index is 11.8. The van der Waals surface area contributed by atoms with Crippen molar-refractivity contribution in [2.45, 2.75) is 52.5 Å². The van der Waals surface area contributed by atoms with Crippen LogP contribution in [0.4, 0.5) is 0 Å². The van der Waals surface area contributed by atoms with Gasteiger partial charge in [-0.3, -0.25) is 4.79 Å². The summed E-state index contributed by atoms with van der Waals surface area (Å²) in [7, 11) is 0. The minimum Gasteiger partial charge on any atom is -0.353 e. The number of rotatable bonds is 5. The van der Waals surface area contributed by atoms with Crippen molar-refractivity contribution in [2.75, 3.05) is 0 Å². The average molecular weight is 259 g/mol. The van der Waals surface area contributed by atoms with E-state index in [1.165, 1.54) is 5.56 Å². The van der Waals surface area contributed by atoms with E-state index in [0.29, 0.717) is 18.4 Å². The summed E-state index contributed by atoms with van der Waals surface area (Å²) in [6.07, 6.45) is 3.89. The molecule has 2 unspecified atom stereocenters. The lowest BCUT2D eigenvalue weighted by molar-refractivity contribution is -0.119. The van der Waals surface area contributed by atoms with Crippen LogP contribution in [0, 0.1) is 11.3 Å². The van der Waals surface area contributed by atoms with Crippen LogP contribution in [-0.4, -0.2) is 11.9 Å². The molecule has 0 aromatic heterocycles. The van der Waals surface area contributed by atoms with Crippen LogP contribution in [0.15, 0.2) is 30.3 Å². The molecule has 1 aliphatic rings. The average Bonchev–Trinajstić information content (AvgIpc) is 2.63. The zero-order chi connectivity index (χ0) is 13.9. The molecule has 1 N–H and O–H groups in total. The predicted octanol–water partition coefficient (Wildman–Crippen LogP) is 3.56. The summed E-state index contributed by atoms with van der Waals surface area (Å²) in [5.74, 6) is 0.848. The number of benzene rings is 1. The third-order valence-electron chi connectivity index (χ3n) is 4.28. The molecule has 1 fully saturated rings. The van der Waals surface area contributed by atoms with Crippen LogP contribution in [-0.2, 0) is 11.2 Å². The summed E-state index contributed by atoms with van der Waals surface area (Å²) < 4.78 is 0. The van der Waals surface area contributed by atoms with E-state index in [-0.39, 0.29) is 11.3 Å². The van der Waals surface area contributed by atoms with E-state index in [9.17, 15) is 4.79 Å². The normalized spacial score (nSPS) is 26.7. The summed E-state index contributed by atoms with van der Waals surface area (Å²) in [6, 6.07) is 10.9. The van der Waals surface area contributed by atoms with Crippen molar-refractivity contribution in [1.29, 1.82) is 0 Å². The molecule has 1 amide bonds. The second kappa shape index (κ2) is 5.77. The van der Waals surface area contributed by atoms with E-state index in [1.54, 1.807) is 0 Å². The minimum atomic E-state index is 0.108. The first-order chi connectivity index (χ1) is 8.99. The van der Waals surface area contributed by atoms with Gasteiger partial charge in [-0.15, -0.1) is 0 Å². The predicted molar refractivity (Wildman–Crippen MR) is 78.9 cm³/mol. The largest absolute Gasteiger partial charge is 0.353 e. The van der Waals surface area contributed by atoms with Gasteiger partial charge in [0, 0.05) is 12.5 Å². The van der Waals surface area contributed by atoms with Crippen molar-refractivity contribution in [3.05, 3.63) is 35.9 Å². The van der Waals surface area contributed by atoms with Crippen LogP contribution in [0.25, 0.3) is 0 Å². The molecule has 0 bridgehead atoms. The molecule has 2 heteroatoms. The molecule has 0 spiro atoms. The Morgan fingerprint density at radius 1 is 1.32 bits per heavy atom. The summed E-state index contributed by atoms with van der Waals surface area (Å²) in [6.45, 7) is 6.71. The molecule has 2 nitrogen and oxygen atoms in total. The van der Waals surface area contributed by atoms with Gasteiger partial charge in [0.2, 0.25) is 5.91 Å². The molecule has 0 aliphatic carbocycles. The van der Waals surface area contributed by atoms with Crippen LogP contribution in [0.3, 0.4) is 0 Å². The molecule has 0 radical (unpaired) electrons. The van der Waals surface area contributed by atoms with Crippen LogP contribution in [0.1, 0.15) is 45.6 Å². The lowest BCUT2D eigenvalue weighted by Gasteiger charge is -2.31. The van der Waals surface area contributed by atoms with E-state index < -0.39 is 0 Å². The summed E-state index contributed by atoms with van der Waals surface area (Å²) in [5, 5.41) is 3.17. The maximum absolute atomic E-state index is 11.8. The number of hydrogen-bond donors (Lipinski definition) is 1. The van der Waals surface area contributed by atoms with E-state index in [0.717, 1.165) is 19.3 Å². The van der Waals surface area contributed by atoms with Gasteiger partial charge >= 0.3 is 0 Å². The number of aryl methyl sites for hydroxylation is 1. The molecule has 1 saturated heterocycles. The second-order valence-corrected chi connectivity index (χ2v) is 6.57. The fourth-order valence-corrected chi connectivity index (χ4v) is 3.06. The molecule has 2 rings (SSSR count). The Morgan fingerprint density at radius 2 is 2.00 bits per heavy atom. The Hall–Kier alpha value is -1.31. The zero-order valence-corrected chi connectivity index (χ0v) is 12.3. The number of carbonyl (C=O) groups excluding carboxylic acids is 1. The van der Waals surface area contributed by atoms with Crippen LogP contribution < -0.4 is 5.32 Å². The highest BCUT2D eigenvalue weighted by molar-refractivity contribution is 5.79. The van der Waals surface area contributed by atoms with Crippen molar-refractivity contribution >= 4 is 5.91 Å². The summed E-state index contributed by atoms with van der Waals surface area (Å²) in [4.78, 5) is 11.8. The minimum absolute atomic E-state index is 0.108. The first kappa shape index (κ1) is 14.1. The molecule has 19 heavy (non-hydrogen) atoms. The molecule has 1 aromatic rings. The molecule has 0 saturated carbocycles. The first-order valence-electron chi connectivity index (χ1n) is 7.33. The zero-order valence-electron chi connectivity index (χ0n) is 12.3. The lowest BCUT2D eigenvalue weighted by Crippen LogP contribution is -2.36. The number of nitrogens with one attached hydrogen (secondary N) is 1. The van der Waals surface area contributed by atoms with E-state index in [1.807, 2.05) is 6.07 Å². The fraction of sp³-hybridized carbons (Fsp3) is 0.588. The standard InChI is InChI=1S/C17H25NO/c1-13(2)11-15-17(3,12-16(19)18-15)10-9-14-7-5-4-6-8-14/h4-8,13,15H,9-12H2,1-3H3,(H,18,19). The molecule has 1 aliphatic heterocycles. The van der Waals surface area contributed by atoms with Gasteiger partial charge in [0.05, 0.1) is 0 Å². The van der Waals surface area contributed by atoms with Crippen LogP contribution >= 0.6 is 0 Å². The Morgan fingerprint density at radius 3 is 2.63 bits per heavy atom. The van der Waals surface area contributed by atoms with E-state index in [4.69, 9.17) is 0 Å². The smallest absolute Gasteiger partial charge is 0.220 e. The van der Waals surface area contributed by atoms with Gasteiger partial charge in [0.15, 0.2) is 0 Å². The van der Waals surface area contributed by atoms with Gasteiger partial charge in [0.1, 0.15) is 0 Å². The van der Waals surface area contributed by atoms with Crippen molar-refractivity contribution in [3.63, 3.8) is 0 Å². The van der Waals surface area contributed by atoms with Crippen molar-refractivity contribution in [3.8, 4) is 0 Å². The Bertz CT molecular complexity index is 426. The Balaban J connectivity index is 2.01. The van der Waals surface area contributed by atoms with Gasteiger partial charge in [-0.1, -0.05) is 51.1 Å². The molecule has 2 atom stereocenters. The Labute approximate surface area is 116 Å². The third kappa shape index (κ3) is 3.59. The monoisotopic (exact) mass is 259 g/mol. The highest BCUT2D eigenvalue weighted by atomic mass is 16.2. The Kier molecular flexibility index (Phi) is 4.28. The van der Waals surface area contributed by atoms with Gasteiger partial charge in [-0.2, -0.15) is 0 Å². The highest BCUT2D eigenvalue weighted by Gasteiger charge is 2.42. The quantitative estimate of drug-likeness (QED) is 0.860. The van der Waals surface area contributed by atoms with Gasteiger partial charge in [0.25, 0.3) is 0 Å². The van der Waals surface area contributed by atoms with E-state index >= 15 is 0 Å². The van der Waals surface area contributed by atoms with E-state index in [2.05, 4.69) is 50.4 Å². The molecular weight excluding hydrogens is 234 g/mol. The third-order valence-corrected chi connectivity index (χ3v) is 4.28. The first-order valence-corrected chi connectivity index (χ1v) is 7.33. The topological polar surface area (TPSA) is 29.1 Å². The number of hydrogen-bond acceptors (Lipinski definition) is 1. The number of amides is 1. The van der Waals surface area contributed by atoms with Crippen LogP contribution in [0.2, 0.25) is 0 Å². The fourth-order valence-electron chi connectivity index (χ4n) is 3.06. The summed E-state index contributed by atoms with van der Waals surface area (Å²) >= 11 is 0. The molecular formula is C17H25NO. The molecule has 1 aromatic carbocycles. The van der Waals surface area contributed by atoms with Gasteiger partial charge in [-0.05, 0) is 36.2 Å². The SMILES string of the molecule is CC(C)CC1NC(=O)CC1(C)CCc1ccccc1.